The summed E-state index contributed by atoms with van der Waals surface area (Å²) in [7, 11) is 1.38. The van der Waals surface area contributed by atoms with Crippen molar-refractivity contribution in [1.29, 1.82) is 0 Å². The number of ether oxygens (including phenoxy) is 1. The lowest BCUT2D eigenvalue weighted by atomic mass is 9.88. The predicted molar refractivity (Wildman–Crippen MR) is 71.3 cm³/mol. The maximum Gasteiger partial charge on any atom is 0.309 e. The molecule has 0 amide bonds. The lowest BCUT2D eigenvalue weighted by molar-refractivity contribution is -0.146. The number of esters is 1. The van der Waals surface area contributed by atoms with E-state index in [1.807, 2.05) is 12.1 Å². The van der Waals surface area contributed by atoms with Crippen LogP contribution in [0.25, 0.3) is 0 Å². The molecule has 1 fully saturated rings. The third-order valence-corrected chi connectivity index (χ3v) is 4.01. The van der Waals surface area contributed by atoms with Crippen molar-refractivity contribution in [2.24, 2.45) is 11.8 Å². The van der Waals surface area contributed by atoms with Crippen molar-refractivity contribution in [3.05, 3.63) is 34.3 Å². The molecule has 0 radical (unpaired) electrons. The number of rotatable bonds is 3. The Morgan fingerprint density at radius 3 is 2.39 bits per heavy atom. The van der Waals surface area contributed by atoms with Crippen LogP contribution in [-0.4, -0.2) is 18.9 Å². The molecular weight excluding hydrogens is 296 g/mol. The van der Waals surface area contributed by atoms with E-state index in [1.165, 1.54) is 7.11 Å². The molecule has 0 spiro atoms. The molecule has 1 saturated carbocycles. The molecule has 1 aliphatic rings. The van der Waals surface area contributed by atoms with Crippen LogP contribution in [-0.2, 0) is 9.53 Å². The molecular formula is C14H15BrO3. The van der Waals surface area contributed by atoms with Crippen molar-refractivity contribution < 1.29 is 14.3 Å². The third kappa shape index (κ3) is 2.64. The predicted octanol–water partition coefficient (Wildman–Crippen LogP) is 3.22. The average Bonchev–Trinajstić information content (AvgIpc) is 2.87. The highest BCUT2D eigenvalue weighted by Gasteiger charge is 2.38. The molecule has 0 heterocycles. The van der Waals surface area contributed by atoms with Crippen LogP contribution in [0.3, 0.4) is 0 Å². The van der Waals surface area contributed by atoms with Gasteiger partial charge in [0.15, 0.2) is 5.78 Å². The fourth-order valence-corrected chi connectivity index (χ4v) is 2.80. The van der Waals surface area contributed by atoms with E-state index in [0.29, 0.717) is 5.56 Å². The van der Waals surface area contributed by atoms with Crippen LogP contribution >= 0.6 is 15.9 Å². The highest BCUT2D eigenvalue weighted by Crippen LogP contribution is 2.35. The maximum absolute atomic E-state index is 12.4. The number of halogens is 1. The number of methoxy groups -OCH3 is 1. The summed E-state index contributed by atoms with van der Waals surface area (Å²) < 4.78 is 5.71. The number of Topliss-reactive ketones (excluding diaryl/α,β-unsaturated/α-hetero) is 1. The Labute approximate surface area is 115 Å². The van der Waals surface area contributed by atoms with Crippen LogP contribution in [0.15, 0.2) is 28.7 Å². The normalized spacial score (nSPS) is 22.8. The zero-order chi connectivity index (χ0) is 13.1. The van der Waals surface area contributed by atoms with Crippen molar-refractivity contribution in [3.8, 4) is 0 Å². The smallest absolute Gasteiger partial charge is 0.309 e. The van der Waals surface area contributed by atoms with Crippen molar-refractivity contribution in [3.63, 3.8) is 0 Å². The Kier molecular flexibility index (Phi) is 4.17. The minimum atomic E-state index is -0.272. The summed E-state index contributed by atoms with van der Waals surface area (Å²) in [6, 6.07) is 7.27. The lowest BCUT2D eigenvalue weighted by Crippen LogP contribution is -2.26. The number of hydrogen-bond acceptors (Lipinski definition) is 3. The number of hydrogen-bond donors (Lipinski definition) is 0. The molecule has 2 rings (SSSR count). The molecule has 0 aliphatic heterocycles. The van der Waals surface area contributed by atoms with E-state index >= 15 is 0 Å². The van der Waals surface area contributed by atoms with E-state index in [9.17, 15) is 9.59 Å². The van der Waals surface area contributed by atoms with Crippen LogP contribution in [0.4, 0.5) is 0 Å². The number of ketones is 1. The quantitative estimate of drug-likeness (QED) is 0.636. The van der Waals surface area contributed by atoms with Gasteiger partial charge < -0.3 is 4.74 Å². The van der Waals surface area contributed by atoms with E-state index in [0.717, 1.165) is 23.7 Å². The van der Waals surface area contributed by atoms with Gasteiger partial charge in [-0.15, -0.1) is 0 Å². The lowest BCUT2D eigenvalue weighted by Gasteiger charge is -2.16. The molecule has 2 atom stereocenters. The van der Waals surface area contributed by atoms with Gasteiger partial charge in [0.05, 0.1) is 13.0 Å². The minimum absolute atomic E-state index is 0.0513. The molecule has 96 valence electrons. The first-order chi connectivity index (χ1) is 8.63. The van der Waals surface area contributed by atoms with Crippen LogP contribution in [0.1, 0.15) is 29.6 Å². The van der Waals surface area contributed by atoms with Gasteiger partial charge >= 0.3 is 5.97 Å². The van der Waals surface area contributed by atoms with Crippen molar-refractivity contribution in [2.45, 2.75) is 19.3 Å². The minimum Gasteiger partial charge on any atom is -0.469 e. The molecule has 0 aromatic heterocycles. The molecule has 0 saturated heterocycles. The molecule has 1 aliphatic carbocycles. The van der Waals surface area contributed by atoms with Gasteiger partial charge in [0.1, 0.15) is 0 Å². The van der Waals surface area contributed by atoms with Crippen LogP contribution in [0.2, 0.25) is 0 Å². The Balaban J connectivity index is 2.17. The Hall–Kier alpha value is -1.16. The van der Waals surface area contributed by atoms with Crippen molar-refractivity contribution >= 4 is 27.7 Å². The van der Waals surface area contributed by atoms with Gasteiger partial charge in [-0.05, 0) is 25.0 Å². The van der Waals surface area contributed by atoms with Crippen LogP contribution in [0, 0.1) is 11.8 Å². The average molecular weight is 311 g/mol. The Morgan fingerprint density at radius 1 is 1.17 bits per heavy atom. The van der Waals surface area contributed by atoms with E-state index in [1.54, 1.807) is 12.1 Å². The molecule has 0 N–H and O–H groups in total. The molecule has 0 bridgehead atoms. The molecule has 1 aromatic rings. The second kappa shape index (κ2) is 5.65. The zero-order valence-electron chi connectivity index (χ0n) is 10.2. The van der Waals surface area contributed by atoms with Crippen LogP contribution in [0.5, 0.6) is 0 Å². The zero-order valence-corrected chi connectivity index (χ0v) is 11.8. The molecule has 1 unspecified atom stereocenters. The summed E-state index contributed by atoms with van der Waals surface area (Å²) >= 11 is 3.34. The van der Waals surface area contributed by atoms with Gasteiger partial charge in [-0.2, -0.15) is 0 Å². The van der Waals surface area contributed by atoms with E-state index < -0.39 is 0 Å². The fraction of sp³-hybridized carbons (Fsp3) is 0.429. The van der Waals surface area contributed by atoms with Crippen molar-refractivity contribution in [1.82, 2.24) is 0 Å². The number of carbonyl (C=O) groups excluding carboxylic acids is 2. The van der Waals surface area contributed by atoms with Gasteiger partial charge in [-0.1, -0.05) is 34.5 Å². The summed E-state index contributed by atoms with van der Waals surface area (Å²) in [4.78, 5) is 24.0. The SMILES string of the molecule is COC(=O)[C@H]1CCCC1C(=O)c1ccc(Br)cc1. The highest BCUT2D eigenvalue weighted by atomic mass is 79.9. The summed E-state index contributed by atoms with van der Waals surface area (Å²) in [6.07, 6.45) is 2.43. The summed E-state index contributed by atoms with van der Waals surface area (Å²) in [5.74, 6) is -0.705. The first kappa shape index (κ1) is 13.3. The summed E-state index contributed by atoms with van der Waals surface area (Å²) in [5, 5.41) is 0. The monoisotopic (exact) mass is 310 g/mol. The number of carbonyl (C=O) groups is 2. The van der Waals surface area contributed by atoms with Crippen molar-refractivity contribution in [2.75, 3.05) is 7.11 Å². The van der Waals surface area contributed by atoms with Gasteiger partial charge in [0.25, 0.3) is 0 Å². The standard InChI is InChI=1S/C14H15BrO3/c1-18-14(17)12-4-2-3-11(12)13(16)9-5-7-10(15)8-6-9/h5-8,11-12H,2-4H2,1H3/t11?,12-/m0/s1. The summed E-state index contributed by atoms with van der Waals surface area (Å²) in [5.41, 5.74) is 0.666. The van der Waals surface area contributed by atoms with Crippen LogP contribution < -0.4 is 0 Å². The molecule has 3 nitrogen and oxygen atoms in total. The number of benzene rings is 1. The Bertz CT molecular complexity index is 453. The first-order valence-electron chi connectivity index (χ1n) is 6.01. The molecule has 1 aromatic carbocycles. The second-order valence-electron chi connectivity index (χ2n) is 4.54. The van der Waals surface area contributed by atoms with Gasteiger partial charge in [0.2, 0.25) is 0 Å². The topological polar surface area (TPSA) is 43.4 Å². The van der Waals surface area contributed by atoms with E-state index in [2.05, 4.69) is 15.9 Å². The third-order valence-electron chi connectivity index (χ3n) is 3.49. The van der Waals surface area contributed by atoms with Gasteiger partial charge in [-0.25, -0.2) is 0 Å². The largest absolute Gasteiger partial charge is 0.469 e. The fourth-order valence-electron chi connectivity index (χ4n) is 2.54. The van der Waals surface area contributed by atoms with E-state index in [4.69, 9.17) is 4.74 Å². The van der Waals surface area contributed by atoms with Gasteiger partial charge in [-0.3, -0.25) is 9.59 Å². The molecule has 4 heteroatoms. The van der Waals surface area contributed by atoms with E-state index in [-0.39, 0.29) is 23.6 Å². The molecule has 18 heavy (non-hydrogen) atoms. The maximum atomic E-state index is 12.4. The highest BCUT2D eigenvalue weighted by molar-refractivity contribution is 9.10. The Morgan fingerprint density at radius 2 is 1.78 bits per heavy atom. The summed E-state index contributed by atoms with van der Waals surface area (Å²) in [6.45, 7) is 0. The first-order valence-corrected chi connectivity index (χ1v) is 6.80. The second-order valence-corrected chi connectivity index (χ2v) is 5.45. The van der Waals surface area contributed by atoms with Gasteiger partial charge in [0, 0.05) is 16.0 Å².